The zero-order valence-electron chi connectivity index (χ0n) is 16.9. The number of ether oxygens (including phenoxy) is 1. The van der Waals surface area contributed by atoms with E-state index < -0.39 is 10.8 Å². The highest BCUT2D eigenvalue weighted by molar-refractivity contribution is 5.95. The number of hydrazone groups is 1. The zero-order chi connectivity index (χ0) is 22.8. The fourth-order valence-corrected chi connectivity index (χ4v) is 2.64. The van der Waals surface area contributed by atoms with Gasteiger partial charge in [0.15, 0.2) is 6.61 Å². The van der Waals surface area contributed by atoms with Gasteiger partial charge >= 0.3 is 0 Å². The van der Waals surface area contributed by atoms with Crippen LogP contribution in [0.3, 0.4) is 0 Å². The van der Waals surface area contributed by atoms with Gasteiger partial charge in [0.05, 0.1) is 11.1 Å². The van der Waals surface area contributed by atoms with Crippen molar-refractivity contribution in [1.29, 1.82) is 0 Å². The second-order valence-electron chi connectivity index (χ2n) is 6.63. The number of hydrogen-bond donors (Lipinski definition) is 2. The highest BCUT2D eigenvalue weighted by Gasteiger charge is 2.10. The molecule has 0 aliphatic rings. The SMILES string of the molecule is O=C(COc1ccc(/C=N\NC(=O)c2cccc([N+](=O)[O-])c2)cc1)NCc1ccccc1. The Hall–Kier alpha value is -4.53. The number of carbonyl (C=O) groups is 2. The third kappa shape index (κ3) is 6.77. The van der Waals surface area contributed by atoms with Crippen LogP contribution in [-0.2, 0) is 11.3 Å². The number of hydrogen-bond acceptors (Lipinski definition) is 6. The molecule has 0 fully saturated rings. The summed E-state index contributed by atoms with van der Waals surface area (Å²) in [4.78, 5) is 34.2. The van der Waals surface area contributed by atoms with Crippen molar-refractivity contribution in [3.63, 3.8) is 0 Å². The molecular weight excluding hydrogens is 412 g/mol. The van der Waals surface area contributed by atoms with Gasteiger partial charge in [-0.3, -0.25) is 19.7 Å². The number of carbonyl (C=O) groups excluding carboxylic acids is 2. The van der Waals surface area contributed by atoms with Crippen molar-refractivity contribution in [2.45, 2.75) is 6.54 Å². The molecule has 3 aromatic rings. The molecule has 9 heteroatoms. The Bertz CT molecular complexity index is 1110. The molecule has 9 nitrogen and oxygen atoms in total. The Labute approximate surface area is 183 Å². The smallest absolute Gasteiger partial charge is 0.271 e. The van der Waals surface area contributed by atoms with Crippen LogP contribution in [0.1, 0.15) is 21.5 Å². The van der Waals surface area contributed by atoms with Crippen LogP contribution in [-0.4, -0.2) is 29.6 Å². The second-order valence-corrected chi connectivity index (χ2v) is 6.63. The monoisotopic (exact) mass is 432 g/mol. The first-order valence-corrected chi connectivity index (χ1v) is 9.62. The van der Waals surface area contributed by atoms with Crippen LogP contribution in [0.25, 0.3) is 0 Å². The first-order valence-electron chi connectivity index (χ1n) is 9.62. The van der Waals surface area contributed by atoms with E-state index in [1.165, 1.54) is 30.5 Å². The third-order valence-electron chi connectivity index (χ3n) is 4.28. The summed E-state index contributed by atoms with van der Waals surface area (Å²) < 4.78 is 5.46. The average molecular weight is 432 g/mol. The summed E-state index contributed by atoms with van der Waals surface area (Å²) in [5, 5.41) is 17.4. The molecule has 2 N–H and O–H groups in total. The van der Waals surface area contributed by atoms with Gasteiger partial charge in [0.2, 0.25) is 0 Å². The van der Waals surface area contributed by atoms with Gasteiger partial charge in [-0.25, -0.2) is 5.43 Å². The summed E-state index contributed by atoms with van der Waals surface area (Å²) >= 11 is 0. The number of benzene rings is 3. The highest BCUT2D eigenvalue weighted by Crippen LogP contribution is 2.13. The number of nitrogens with one attached hydrogen (secondary N) is 2. The minimum absolute atomic E-state index is 0.112. The standard InChI is InChI=1S/C23H20N4O5/c28-22(24-14-17-5-2-1-3-6-17)16-32-21-11-9-18(10-12-21)15-25-26-23(29)19-7-4-8-20(13-19)27(30)31/h1-13,15H,14,16H2,(H,24,28)(H,26,29)/b25-15-. The van der Waals surface area contributed by atoms with E-state index in [1.807, 2.05) is 30.3 Å². The molecule has 3 rings (SSSR count). The Morgan fingerprint density at radius 1 is 1.00 bits per heavy atom. The molecule has 0 saturated heterocycles. The maximum Gasteiger partial charge on any atom is 0.271 e. The fraction of sp³-hybridized carbons (Fsp3) is 0.0870. The van der Waals surface area contributed by atoms with Gasteiger partial charge < -0.3 is 10.1 Å². The molecule has 0 aromatic heterocycles. The summed E-state index contributed by atoms with van der Waals surface area (Å²) in [6.45, 7) is 0.319. The Morgan fingerprint density at radius 2 is 1.75 bits per heavy atom. The Morgan fingerprint density at radius 3 is 2.47 bits per heavy atom. The summed E-state index contributed by atoms with van der Waals surface area (Å²) in [5.74, 6) is -0.285. The molecule has 0 heterocycles. The summed E-state index contributed by atoms with van der Waals surface area (Å²) in [6.07, 6.45) is 1.42. The fourth-order valence-electron chi connectivity index (χ4n) is 2.64. The van der Waals surface area contributed by atoms with E-state index in [1.54, 1.807) is 24.3 Å². The molecule has 0 unspecified atom stereocenters. The van der Waals surface area contributed by atoms with Gasteiger partial charge in [-0.1, -0.05) is 36.4 Å². The molecule has 0 atom stereocenters. The lowest BCUT2D eigenvalue weighted by Crippen LogP contribution is -2.28. The number of nitrogens with zero attached hydrogens (tertiary/aromatic N) is 2. The van der Waals surface area contributed by atoms with Crippen molar-refractivity contribution in [3.8, 4) is 5.75 Å². The van der Waals surface area contributed by atoms with Crippen molar-refractivity contribution in [2.24, 2.45) is 5.10 Å². The van der Waals surface area contributed by atoms with Crippen LogP contribution in [0.5, 0.6) is 5.75 Å². The molecule has 32 heavy (non-hydrogen) atoms. The first-order chi connectivity index (χ1) is 15.5. The highest BCUT2D eigenvalue weighted by atomic mass is 16.6. The number of nitro groups is 1. The minimum atomic E-state index is -0.573. The quantitative estimate of drug-likeness (QED) is 0.306. The number of nitro benzene ring substituents is 1. The van der Waals surface area contributed by atoms with Crippen molar-refractivity contribution >= 4 is 23.7 Å². The van der Waals surface area contributed by atoms with Gasteiger partial charge in [-0.15, -0.1) is 0 Å². The van der Waals surface area contributed by atoms with Crippen LogP contribution in [0.2, 0.25) is 0 Å². The minimum Gasteiger partial charge on any atom is -0.484 e. The van der Waals surface area contributed by atoms with E-state index in [2.05, 4.69) is 15.8 Å². The molecule has 3 aromatic carbocycles. The molecule has 0 aliphatic carbocycles. The largest absolute Gasteiger partial charge is 0.484 e. The van der Waals surface area contributed by atoms with E-state index >= 15 is 0 Å². The zero-order valence-corrected chi connectivity index (χ0v) is 16.9. The summed E-state index contributed by atoms with van der Waals surface area (Å²) in [7, 11) is 0. The maximum atomic E-state index is 12.1. The van der Waals surface area contributed by atoms with E-state index in [0.717, 1.165) is 5.56 Å². The lowest BCUT2D eigenvalue weighted by molar-refractivity contribution is -0.384. The molecule has 0 aliphatic heterocycles. The van der Waals surface area contributed by atoms with Crippen LogP contribution < -0.4 is 15.5 Å². The van der Waals surface area contributed by atoms with Gasteiger partial charge in [-0.05, 0) is 41.5 Å². The summed E-state index contributed by atoms with van der Waals surface area (Å²) in [5.41, 5.74) is 3.96. The van der Waals surface area contributed by atoms with Gasteiger partial charge in [0, 0.05) is 24.2 Å². The second kappa shape index (κ2) is 11.0. The number of amides is 2. The van der Waals surface area contributed by atoms with Crippen molar-refractivity contribution in [1.82, 2.24) is 10.7 Å². The van der Waals surface area contributed by atoms with Crippen LogP contribution in [0.4, 0.5) is 5.69 Å². The predicted octanol–water partition coefficient (Wildman–Crippen LogP) is 3.05. The third-order valence-corrected chi connectivity index (χ3v) is 4.28. The number of non-ortho nitro benzene ring substituents is 1. The van der Waals surface area contributed by atoms with Crippen LogP contribution >= 0.6 is 0 Å². The van der Waals surface area contributed by atoms with E-state index in [-0.39, 0.29) is 23.8 Å². The van der Waals surface area contributed by atoms with Gasteiger partial charge in [0.25, 0.3) is 17.5 Å². The number of rotatable bonds is 9. The molecule has 0 radical (unpaired) electrons. The van der Waals surface area contributed by atoms with Crippen molar-refractivity contribution in [3.05, 3.63) is 106 Å². The maximum absolute atomic E-state index is 12.1. The van der Waals surface area contributed by atoms with Crippen LogP contribution in [0, 0.1) is 10.1 Å². The van der Waals surface area contributed by atoms with E-state index in [4.69, 9.17) is 4.74 Å². The topological polar surface area (TPSA) is 123 Å². The van der Waals surface area contributed by atoms with E-state index in [0.29, 0.717) is 17.9 Å². The Balaban J connectivity index is 1.44. The summed E-state index contributed by atoms with van der Waals surface area (Å²) in [6, 6.07) is 21.7. The Kier molecular flexibility index (Phi) is 7.63. The van der Waals surface area contributed by atoms with Crippen molar-refractivity contribution < 1.29 is 19.2 Å². The molecule has 0 spiro atoms. The molecule has 162 valence electrons. The normalized spacial score (nSPS) is 10.5. The van der Waals surface area contributed by atoms with Gasteiger partial charge in [0.1, 0.15) is 5.75 Å². The van der Waals surface area contributed by atoms with Crippen LogP contribution in [0.15, 0.2) is 84.0 Å². The lowest BCUT2D eigenvalue weighted by atomic mass is 10.2. The first kappa shape index (κ1) is 22.2. The van der Waals surface area contributed by atoms with Crippen molar-refractivity contribution in [2.75, 3.05) is 6.61 Å². The van der Waals surface area contributed by atoms with E-state index in [9.17, 15) is 19.7 Å². The average Bonchev–Trinajstić information content (AvgIpc) is 2.83. The molecular formula is C23H20N4O5. The predicted molar refractivity (Wildman–Crippen MR) is 118 cm³/mol. The van der Waals surface area contributed by atoms with Gasteiger partial charge in [-0.2, -0.15) is 5.10 Å². The molecule has 2 amide bonds. The molecule has 0 bridgehead atoms. The molecule has 0 saturated carbocycles. The lowest BCUT2D eigenvalue weighted by Gasteiger charge is -2.08.